The summed E-state index contributed by atoms with van der Waals surface area (Å²) in [6.45, 7) is 0. The molecule has 0 aliphatic carbocycles. The molecule has 0 spiro atoms. The molecule has 1 aromatic rings. The molecule has 8 heavy (non-hydrogen) atoms. The second-order valence-electron chi connectivity index (χ2n) is 1.27. The molecule has 0 amide bonds. The summed E-state index contributed by atoms with van der Waals surface area (Å²) < 4.78 is 0. The summed E-state index contributed by atoms with van der Waals surface area (Å²) in [5.41, 5.74) is 5.51. The van der Waals surface area contributed by atoms with E-state index in [4.69, 9.17) is 11.0 Å². The van der Waals surface area contributed by atoms with Crippen LogP contribution in [0.5, 0.6) is 0 Å². The molecule has 0 atom stereocenters. The Balaban J connectivity index is 3.15. The number of nitriles is 1. The van der Waals surface area contributed by atoms with E-state index in [1.54, 1.807) is 0 Å². The van der Waals surface area contributed by atoms with Crippen LogP contribution in [-0.2, 0) is 0 Å². The Morgan fingerprint density at radius 3 is 2.88 bits per heavy atom. The van der Waals surface area contributed by atoms with Crippen molar-refractivity contribution in [1.29, 1.82) is 5.26 Å². The summed E-state index contributed by atoms with van der Waals surface area (Å²) in [5, 5.41) is 8.21. The van der Waals surface area contributed by atoms with Crippen molar-refractivity contribution in [1.82, 2.24) is 9.97 Å². The van der Waals surface area contributed by atoms with Gasteiger partial charge in [-0.1, -0.05) is 0 Å². The summed E-state index contributed by atoms with van der Waals surface area (Å²) in [7, 11) is 0. The summed E-state index contributed by atoms with van der Waals surface area (Å²) in [4.78, 5) is 6.15. The molecule has 0 radical (unpaired) electrons. The van der Waals surface area contributed by atoms with E-state index in [2.05, 4.69) is 9.97 Å². The Morgan fingerprint density at radius 2 is 2.62 bits per heavy atom. The first kappa shape index (κ1) is 4.65. The molecule has 40 valence electrons. The molecule has 0 aliphatic heterocycles. The number of imidazole rings is 1. The van der Waals surface area contributed by atoms with Crippen LogP contribution in [0.4, 0.5) is 5.82 Å². The number of nitrogens with one attached hydrogen (secondary N) is 1. The first-order valence-electron chi connectivity index (χ1n) is 2.03. The third kappa shape index (κ3) is 0.500. The molecule has 3 N–H and O–H groups in total. The van der Waals surface area contributed by atoms with Gasteiger partial charge >= 0.3 is 0 Å². The molecule has 4 nitrogen and oxygen atoms in total. The highest BCUT2D eigenvalue weighted by molar-refractivity contribution is 5.42. The molecule has 1 aromatic heterocycles. The van der Waals surface area contributed by atoms with Crippen molar-refractivity contribution in [2.45, 2.75) is 0 Å². The van der Waals surface area contributed by atoms with Gasteiger partial charge < -0.3 is 10.7 Å². The number of rotatable bonds is 0. The summed E-state index contributed by atoms with van der Waals surface area (Å²) in [6, 6.07) is 1.83. The zero-order chi connectivity index (χ0) is 5.98. The average Bonchev–Trinajstić information content (AvgIpc) is 2.14. The van der Waals surface area contributed by atoms with Crippen molar-refractivity contribution in [3.8, 4) is 6.07 Å². The van der Waals surface area contributed by atoms with Crippen LogP contribution in [0, 0.1) is 11.3 Å². The smallest absolute Gasteiger partial charge is 0.161 e. The second-order valence-corrected chi connectivity index (χ2v) is 1.27. The third-order valence-electron chi connectivity index (χ3n) is 0.780. The molecule has 0 saturated heterocycles. The van der Waals surface area contributed by atoms with E-state index in [0.717, 1.165) is 0 Å². The molecule has 0 bridgehead atoms. The van der Waals surface area contributed by atoms with E-state index in [0.29, 0.717) is 5.69 Å². The minimum atomic E-state index is 0.257. The lowest BCUT2D eigenvalue weighted by Gasteiger charge is -1.76. The van der Waals surface area contributed by atoms with E-state index in [-0.39, 0.29) is 5.82 Å². The Labute approximate surface area is 46.0 Å². The SMILES string of the molecule is Nc1nc[nH]c1C#[15N]. The van der Waals surface area contributed by atoms with Gasteiger partial charge in [0.15, 0.2) is 11.5 Å². The average molecular weight is 109 g/mol. The van der Waals surface area contributed by atoms with Crippen molar-refractivity contribution >= 4 is 5.82 Å². The highest BCUT2D eigenvalue weighted by Gasteiger charge is 1.95. The highest BCUT2D eigenvalue weighted by atomic mass is 15.1. The molecule has 0 saturated carbocycles. The molecule has 0 aromatic carbocycles. The summed E-state index contributed by atoms with van der Waals surface area (Å²) in [5.74, 6) is 0.257. The fraction of sp³-hybridized carbons (Fsp3) is 0. The van der Waals surface area contributed by atoms with Crippen LogP contribution < -0.4 is 5.73 Å². The second kappa shape index (κ2) is 1.54. The van der Waals surface area contributed by atoms with Crippen LogP contribution in [0.3, 0.4) is 0 Å². The molecule has 0 unspecified atom stereocenters. The number of anilines is 1. The van der Waals surface area contributed by atoms with E-state index in [1.165, 1.54) is 6.33 Å². The van der Waals surface area contributed by atoms with E-state index in [1.807, 2.05) is 6.07 Å². The topological polar surface area (TPSA) is 78.5 Å². The lowest BCUT2D eigenvalue weighted by Crippen LogP contribution is -1.86. The van der Waals surface area contributed by atoms with Gasteiger partial charge in [0, 0.05) is 0 Å². The summed E-state index contributed by atoms with van der Waals surface area (Å²) in [6.07, 6.45) is 1.38. The Kier molecular flexibility index (Phi) is 0.897. The maximum Gasteiger partial charge on any atom is 0.161 e. The maximum absolute atomic E-state index is 8.21. The number of nitrogens with zero attached hydrogens (tertiary/aromatic N) is 2. The number of nitrogens with two attached hydrogens (primary N) is 1. The van der Waals surface area contributed by atoms with E-state index < -0.39 is 0 Å². The minimum Gasteiger partial charge on any atom is -0.381 e. The van der Waals surface area contributed by atoms with Crippen LogP contribution in [0.25, 0.3) is 0 Å². The molecular weight excluding hydrogens is 105 g/mol. The van der Waals surface area contributed by atoms with Gasteiger partial charge in [0.25, 0.3) is 0 Å². The molecule has 0 aliphatic rings. The quantitative estimate of drug-likeness (QED) is 0.455. The first-order valence-corrected chi connectivity index (χ1v) is 2.03. The lowest BCUT2D eigenvalue weighted by molar-refractivity contribution is 1.29. The zero-order valence-electron chi connectivity index (χ0n) is 4.05. The van der Waals surface area contributed by atoms with Crippen LogP contribution >= 0.6 is 0 Å². The predicted molar refractivity (Wildman–Crippen MR) is 27.7 cm³/mol. The number of hydrogen-bond donors (Lipinski definition) is 2. The maximum atomic E-state index is 8.21. The van der Waals surface area contributed by atoms with Crippen molar-refractivity contribution in [3.63, 3.8) is 0 Å². The fourth-order valence-electron chi connectivity index (χ4n) is 0.394. The van der Waals surface area contributed by atoms with Gasteiger partial charge in [-0.3, -0.25) is 0 Å². The molecule has 1 rings (SSSR count). The van der Waals surface area contributed by atoms with Gasteiger partial charge in [0.2, 0.25) is 0 Å². The van der Waals surface area contributed by atoms with E-state index >= 15 is 0 Å². The van der Waals surface area contributed by atoms with Gasteiger partial charge in [-0.25, -0.2) is 4.98 Å². The minimum absolute atomic E-state index is 0.257. The predicted octanol–water partition coefficient (Wildman–Crippen LogP) is -0.136. The Morgan fingerprint density at radius 1 is 1.88 bits per heavy atom. The molecule has 1 heterocycles. The van der Waals surface area contributed by atoms with Crippen molar-refractivity contribution < 1.29 is 0 Å². The van der Waals surface area contributed by atoms with Gasteiger partial charge in [-0.05, 0) is 0 Å². The largest absolute Gasteiger partial charge is 0.381 e. The fourth-order valence-corrected chi connectivity index (χ4v) is 0.394. The number of H-pyrrole nitrogens is 1. The van der Waals surface area contributed by atoms with Gasteiger partial charge in [0.1, 0.15) is 6.07 Å². The monoisotopic (exact) mass is 109 g/mol. The van der Waals surface area contributed by atoms with Crippen LogP contribution in [0.15, 0.2) is 6.33 Å². The van der Waals surface area contributed by atoms with Gasteiger partial charge in [0.05, 0.1) is 6.33 Å². The first-order chi connectivity index (χ1) is 3.84. The van der Waals surface area contributed by atoms with E-state index in [9.17, 15) is 0 Å². The van der Waals surface area contributed by atoms with Crippen molar-refractivity contribution in [2.75, 3.05) is 5.73 Å². The molecule has 4 heteroatoms. The van der Waals surface area contributed by atoms with Crippen molar-refractivity contribution in [3.05, 3.63) is 12.0 Å². The van der Waals surface area contributed by atoms with Gasteiger partial charge in [-0.2, -0.15) is 5.26 Å². The standard InChI is InChI=1S/C4H4N4/c5-1-3-4(6)8-2-7-3/h2H,6H2,(H,7,8)/i5+1. The number of nitrogen functional groups attached to an aromatic ring is 1. The van der Waals surface area contributed by atoms with Crippen LogP contribution in [0.1, 0.15) is 5.69 Å². The number of aromatic nitrogens is 2. The third-order valence-corrected chi connectivity index (χ3v) is 0.780. The number of hydrogen-bond acceptors (Lipinski definition) is 3. The lowest BCUT2D eigenvalue weighted by atomic mass is 10.5. The Bertz CT molecular complexity index is 218. The highest BCUT2D eigenvalue weighted by Crippen LogP contribution is 1.99. The van der Waals surface area contributed by atoms with Gasteiger partial charge in [-0.15, -0.1) is 0 Å². The summed E-state index contributed by atoms with van der Waals surface area (Å²) >= 11 is 0. The zero-order valence-corrected chi connectivity index (χ0v) is 4.05. The van der Waals surface area contributed by atoms with Crippen LogP contribution in [-0.4, -0.2) is 9.97 Å². The Hall–Kier alpha value is -1.50. The number of aromatic amines is 1. The normalized spacial score (nSPS) is 8.38. The molecular formula is C4H4N4. The van der Waals surface area contributed by atoms with Crippen LogP contribution in [0.2, 0.25) is 0 Å². The van der Waals surface area contributed by atoms with Crippen molar-refractivity contribution in [2.24, 2.45) is 0 Å². The molecule has 0 fully saturated rings.